The molecule has 202 valence electrons. The Bertz CT molecular complexity index is 770. The number of carbonyl (C=O) groups is 3. The highest BCUT2D eigenvalue weighted by atomic mass is 16.7. The van der Waals surface area contributed by atoms with Gasteiger partial charge in [0, 0.05) is 20.3 Å². The highest BCUT2D eigenvalue weighted by Gasteiger charge is 2.56. The molecule has 2 amide bonds. The first-order valence-corrected chi connectivity index (χ1v) is 10.7. The second-order valence-corrected chi connectivity index (χ2v) is 8.46. The Morgan fingerprint density at radius 1 is 1.03 bits per heavy atom. The van der Waals surface area contributed by atoms with Crippen molar-refractivity contribution in [2.75, 3.05) is 13.2 Å². The lowest BCUT2D eigenvalue weighted by Crippen LogP contribution is -2.68. The molecule has 2 rings (SSSR count). The van der Waals surface area contributed by atoms with Gasteiger partial charge in [-0.1, -0.05) is 0 Å². The molecule has 2 saturated heterocycles. The maximum absolute atomic E-state index is 12.1. The second kappa shape index (κ2) is 11.8. The first kappa shape index (κ1) is 29.2. The van der Waals surface area contributed by atoms with Gasteiger partial charge in [0.1, 0.15) is 42.7 Å². The number of aliphatic hydroxyl groups excluding tert-OH is 7. The van der Waals surface area contributed by atoms with Crippen molar-refractivity contribution < 1.29 is 69.4 Å². The van der Waals surface area contributed by atoms with Gasteiger partial charge in [0.05, 0.1) is 25.4 Å². The third-order valence-electron chi connectivity index (χ3n) is 5.76. The van der Waals surface area contributed by atoms with Gasteiger partial charge in [-0.3, -0.25) is 9.59 Å². The molecule has 2 aliphatic heterocycles. The maximum atomic E-state index is 12.1. The third-order valence-corrected chi connectivity index (χ3v) is 5.76. The highest BCUT2D eigenvalue weighted by Crippen LogP contribution is 2.34. The standard InChI is InChI=1S/C19H32N2O14/c1-6(23)20-11-8(25)3-19(18(31)32,35-16(11)13(27)9(26)4-22)33-5-10-14(28)15(29)12(17(30)34-10)21-7(2)24/h8-17,22,25-30H,3-5H2,1-2H3,(H,20,23)(H,21,24)(H,31,32)/t8-,9+,10+,11+,12+,13+,14-,15+,16+,17-,19-/m0/s1. The van der Waals surface area contributed by atoms with E-state index >= 15 is 0 Å². The molecule has 10 N–H and O–H groups in total. The summed E-state index contributed by atoms with van der Waals surface area (Å²) in [6.07, 6.45) is -14.9. The van der Waals surface area contributed by atoms with Crippen molar-refractivity contribution in [3.63, 3.8) is 0 Å². The lowest BCUT2D eigenvalue weighted by molar-refractivity contribution is -0.328. The van der Waals surface area contributed by atoms with Crippen molar-refractivity contribution in [1.82, 2.24) is 10.6 Å². The Morgan fingerprint density at radius 2 is 1.60 bits per heavy atom. The zero-order chi connectivity index (χ0) is 26.7. The van der Waals surface area contributed by atoms with Crippen LogP contribution in [-0.2, 0) is 28.6 Å². The number of hydrogen-bond donors (Lipinski definition) is 10. The third kappa shape index (κ3) is 6.62. The zero-order valence-electron chi connectivity index (χ0n) is 18.9. The van der Waals surface area contributed by atoms with Crippen molar-refractivity contribution >= 4 is 17.8 Å². The molecule has 0 radical (unpaired) electrons. The second-order valence-electron chi connectivity index (χ2n) is 8.46. The molecule has 2 heterocycles. The molecule has 2 fully saturated rings. The van der Waals surface area contributed by atoms with Gasteiger partial charge in [-0.15, -0.1) is 0 Å². The van der Waals surface area contributed by atoms with Crippen LogP contribution in [-0.4, -0.2) is 139 Å². The monoisotopic (exact) mass is 512 g/mol. The minimum absolute atomic E-state index is 0.628. The molecule has 0 spiro atoms. The Morgan fingerprint density at radius 3 is 2.11 bits per heavy atom. The van der Waals surface area contributed by atoms with Gasteiger partial charge in [0.2, 0.25) is 11.8 Å². The normalized spacial score (nSPS) is 39.3. The number of aliphatic carboxylic acids is 1. The van der Waals surface area contributed by atoms with Crippen LogP contribution in [0.4, 0.5) is 0 Å². The fourth-order valence-electron chi connectivity index (χ4n) is 3.97. The van der Waals surface area contributed by atoms with Crippen LogP contribution in [0.5, 0.6) is 0 Å². The smallest absolute Gasteiger partial charge is 0.364 e. The number of nitrogens with one attached hydrogen (secondary N) is 2. The van der Waals surface area contributed by atoms with E-state index in [0.717, 1.165) is 13.8 Å². The fraction of sp³-hybridized carbons (Fsp3) is 0.842. The van der Waals surface area contributed by atoms with Gasteiger partial charge in [-0.25, -0.2) is 4.79 Å². The van der Waals surface area contributed by atoms with Crippen LogP contribution >= 0.6 is 0 Å². The Labute approximate surface area is 199 Å². The van der Waals surface area contributed by atoms with Gasteiger partial charge in [0.25, 0.3) is 5.79 Å². The topological polar surface area (TPSA) is 265 Å². The molecular formula is C19H32N2O14. The molecule has 35 heavy (non-hydrogen) atoms. The van der Waals surface area contributed by atoms with Crippen LogP contribution in [0, 0.1) is 0 Å². The van der Waals surface area contributed by atoms with E-state index in [9.17, 15) is 50.1 Å². The summed E-state index contributed by atoms with van der Waals surface area (Å²) in [5, 5.41) is 84.9. The molecule has 2 aliphatic rings. The quantitative estimate of drug-likeness (QED) is 0.138. The predicted molar refractivity (Wildman–Crippen MR) is 109 cm³/mol. The van der Waals surface area contributed by atoms with E-state index in [1.54, 1.807) is 0 Å². The van der Waals surface area contributed by atoms with Crippen LogP contribution < -0.4 is 10.6 Å². The first-order valence-electron chi connectivity index (χ1n) is 10.7. The molecule has 0 aliphatic carbocycles. The summed E-state index contributed by atoms with van der Waals surface area (Å²) in [6, 6.07) is -2.80. The number of rotatable bonds is 9. The van der Waals surface area contributed by atoms with Crippen LogP contribution in [0.25, 0.3) is 0 Å². The van der Waals surface area contributed by atoms with Gasteiger partial charge in [0.15, 0.2) is 6.29 Å². The van der Waals surface area contributed by atoms with E-state index in [2.05, 4.69) is 10.6 Å². The molecule has 16 heteroatoms. The molecule has 0 aromatic rings. The predicted octanol–water partition coefficient (Wildman–Crippen LogP) is -5.90. The van der Waals surface area contributed by atoms with Gasteiger partial charge in [-0.05, 0) is 0 Å². The van der Waals surface area contributed by atoms with Crippen molar-refractivity contribution in [2.45, 2.75) is 87.2 Å². The molecule has 0 aromatic carbocycles. The highest BCUT2D eigenvalue weighted by molar-refractivity contribution is 5.76. The number of hydrogen-bond acceptors (Lipinski definition) is 13. The summed E-state index contributed by atoms with van der Waals surface area (Å²) >= 11 is 0. The molecule has 0 unspecified atom stereocenters. The van der Waals surface area contributed by atoms with Crippen molar-refractivity contribution in [1.29, 1.82) is 0 Å². The summed E-state index contributed by atoms with van der Waals surface area (Å²) in [5.74, 6) is -5.80. The Hall–Kier alpha value is -1.99. The van der Waals surface area contributed by atoms with Crippen LogP contribution in [0.3, 0.4) is 0 Å². The average Bonchev–Trinajstić information content (AvgIpc) is 2.78. The number of carboxylic acid groups (broad SMARTS) is 1. The van der Waals surface area contributed by atoms with Crippen LogP contribution in [0.1, 0.15) is 20.3 Å². The Kier molecular flexibility index (Phi) is 9.88. The minimum atomic E-state index is -2.71. The molecule has 0 aromatic heterocycles. The summed E-state index contributed by atoms with van der Waals surface area (Å²) < 4.78 is 15.9. The lowest BCUT2D eigenvalue weighted by atomic mass is 9.88. The number of carbonyl (C=O) groups excluding carboxylic acids is 2. The van der Waals surface area contributed by atoms with Crippen LogP contribution in [0.15, 0.2) is 0 Å². The largest absolute Gasteiger partial charge is 0.477 e. The molecule has 11 atom stereocenters. The van der Waals surface area contributed by atoms with Crippen molar-refractivity contribution in [3.05, 3.63) is 0 Å². The van der Waals surface area contributed by atoms with Crippen molar-refractivity contribution in [3.8, 4) is 0 Å². The van der Waals surface area contributed by atoms with Gasteiger partial charge >= 0.3 is 5.97 Å². The fourth-order valence-corrected chi connectivity index (χ4v) is 3.97. The average molecular weight is 512 g/mol. The summed E-state index contributed by atoms with van der Waals surface area (Å²) in [4.78, 5) is 34.9. The molecule has 0 bridgehead atoms. The summed E-state index contributed by atoms with van der Waals surface area (Å²) in [7, 11) is 0. The van der Waals surface area contributed by atoms with Gasteiger partial charge < -0.3 is 65.7 Å². The molecule has 0 saturated carbocycles. The van der Waals surface area contributed by atoms with Crippen molar-refractivity contribution in [2.24, 2.45) is 0 Å². The van der Waals surface area contributed by atoms with E-state index in [1.807, 2.05) is 0 Å². The summed E-state index contributed by atoms with van der Waals surface area (Å²) in [6.45, 7) is 0.409. The number of ether oxygens (including phenoxy) is 3. The van der Waals surface area contributed by atoms with E-state index in [4.69, 9.17) is 19.3 Å². The van der Waals surface area contributed by atoms with Gasteiger partial charge in [-0.2, -0.15) is 0 Å². The number of aliphatic hydroxyl groups is 7. The van der Waals surface area contributed by atoms with E-state index in [0.29, 0.717) is 0 Å². The summed E-state index contributed by atoms with van der Waals surface area (Å²) in [5.41, 5.74) is 0. The first-order chi connectivity index (χ1) is 16.2. The SMILES string of the molecule is CC(=O)N[C@@H]1[C@@H](O)[C@@H](O)[C@@H](CO[C@@]2(C(=O)O)C[C@H](O)[C@@H](NC(C)=O)[C@H]([C@H](O)[C@H](O)CO)O2)O[C@@H]1O. The molecule has 16 nitrogen and oxygen atoms in total. The maximum Gasteiger partial charge on any atom is 0.364 e. The number of carboxylic acids is 1. The lowest BCUT2D eigenvalue weighted by Gasteiger charge is -2.47. The number of amides is 2. The van der Waals surface area contributed by atoms with E-state index in [1.165, 1.54) is 0 Å². The van der Waals surface area contributed by atoms with E-state index < -0.39 is 104 Å². The van der Waals surface area contributed by atoms with Crippen LogP contribution in [0.2, 0.25) is 0 Å². The molecular weight excluding hydrogens is 480 g/mol. The Balaban J connectivity index is 2.25. The zero-order valence-corrected chi connectivity index (χ0v) is 18.9. The minimum Gasteiger partial charge on any atom is -0.477 e. The van der Waals surface area contributed by atoms with E-state index in [-0.39, 0.29) is 0 Å².